The second kappa shape index (κ2) is 5.99. The summed E-state index contributed by atoms with van der Waals surface area (Å²) >= 11 is 6.74. The molecule has 4 nitrogen and oxygen atoms in total. The number of benzene rings is 2. The van der Waals surface area contributed by atoms with E-state index in [1.54, 1.807) is 6.07 Å². The number of H-pyrrole nitrogens is 1. The van der Waals surface area contributed by atoms with Crippen LogP contribution >= 0.6 is 31.9 Å². The Balaban J connectivity index is 1.74. The number of para-hydroxylation sites is 2. The van der Waals surface area contributed by atoms with Gasteiger partial charge in [0.05, 0.1) is 23.1 Å². The second-order valence-electron chi connectivity index (χ2n) is 4.51. The summed E-state index contributed by atoms with van der Waals surface area (Å²) in [5.41, 5.74) is 2.44. The summed E-state index contributed by atoms with van der Waals surface area (Å²) in [6, 6.07) is 13.3. The van der Waals surface area contributed by atoms with Crippen molar-refractivity contribution in [1.82, 2.24) is 15.3 Å². The molecule has 1 heterocycles. The van der Waals surface area contributed by atoms with Crippen molar-refractivity contribution in [3.05, 3.63) is 62.8 Å². The lowest BCUT2D eigenvalue weighted by atomic mass is 10.2. The Morgan fingerprint density at radius 3 is 2.81 bits per heavy atom. The molecule has 1 aromatic heterocycles. The highest BCUT2D eigenvalue weighted by Gasteiger charge is 2.11. The highest BCUT2D eigenvalue weighted by atomic mass is 79.9. The van der Waals surface area contributed by atoms with Gasteiger partial charge in [-0.25, -0.2) is 4.98 Å². The van der Waals surface area contributed by atoms with Gasteiger partial charge in [-0.3, -0.25) is 4.79 Å². The van der Waals surface area contributed by atoms with Crippen LogP contribution in [-0.4, -0.2) is 15.9 Å². The lowest BCUT2D eigenvalue weighted by molar-refractivity contribution is 0.0949. The molecule has 0 radical (unpaired) electrons. The second-order valence-corrected chi connectivity index (χ2v) is 6.28. The first-order valence-electron chi connectivity index (χ1n) is 6.30. The third-order valence-corrected chi connectivity index (χ3v) is 4.21. The number of aromatic amines is 1. The van der Waals surface area contributed by atoms with Gasteiger partial charge in [-0.05, 0) is 46.3 Å². The van der Waals surface area contributed by atoms with Crippen molar-refractivity contribution in [1.29, 1.82) is 0 Å². The molecule has 106 valence electrons. The zero-order chi connectivity index (χ0) is 14.8. The molecule has 6 heteroatoms. The van der Waals surface area contributed by atoms with Crippen LogP contribution in [0.15, 0.2) is 51.4 Å². The first kappa shape index (κ1) is 14.3. The first-order chi connectivity index (χ1) is 10.1. The van der Waals surface area contributed by atoms with Gasteiger partial charge < -0.3 is 10.3 Å². The van der Waals surface area contributed by atoms with E-state index in [2.05, 4.69) is 47.1 Å². The van der Waals surface area contributed by atoms with Gasteiger partial charge in [0.15, 0.2) is 0 Å². The third kappa shape index (κ3) is 3.16. The zero-order valence-electron chi connectivity index (χ0n) is 10.9. The molecule has 1 amide bonds. The van der Waals surface area contributed by atoms with E-state index in [0.717, 1.165) is 25.8 Å². The van der Waals surface area contributed by atoms with Crippen LogP contribution in [-0.2, 0) is 6.54 Å². The average Bonchev–Trinajstić information content (AvgIpc) is 2.90. The number of aromatic nitrogens is 2. The predicted molar refractivity (Wildman–Crippen MR) is 89.1 cm³/mol. The first-order valence-corrected chi connectivity index (χ1v) is 7.89. The molecular weight excluding hydrogens is 398 g/mol. The molecule has 0 aliphatic rings. The van der Waals surface area contributed by atoms with E-state index < -0.39 is 0 Å². The number of halogens is 2. The fourth-order valence-corrected chi connectivity index (χ4v) is 2.81. The Bertz CT molecular complexity index is 781. The highest BCUT2D eigenvalue weighted by molar-refractivity contribution is 9.11. The number of nitrogens with one attached hydrogen (secondary N) is 2. The van der Waals surface area contributed by atoms with Crippen molar-refractivity contribution in [2.75, 3.05) is 0 Å². The van der Waals surface area contributed by atoms with Crippen LogP contribution in [0.2, 0.25) is 0 Å². The summed E-state index contributed by atoms with van der Waals surface area (Å²) in [7, 11) is 0. The SMILES string of the molecule is O=C(NCc1nc2ccccc2[nH]1)c1cc(Br)ccc1Br. The van der Waals surface area contributed by atoms with Crippen LogP contribution < -0.4 is 5.32 Å². The average molecular weight is 409 g/mol. The fourth-order valence-electron chi connectivity index (χ4n) is 2.02. The molecule has 0 fully saturated rings. The topological polar surface area (TPSA) is 57.8 Å². The molecule has 0 saturated heterocycles. The standard InChI is InChI=1S/C15H11Br2N3O/c16-9-5-6-11(17)10(7-9)15(21)18-8-14-19-12-3-1-2-4-13(12)20-14/h1-7H,8H2,(H,18,21)(H,19,20). The maximum atomic E-state index is 12.2. The van der Waals surface area contributed by atoms with Crippen LogP contribution in [0.25, 0.3) is 11.0 Å². The minimum absolute atomic E-state index is 0.149. The van der Waals surface area contributed by atoms with Crippen molar-refractivity contribution < 1.29 is 4.79 Å². The Kier molecular flexibility index (Phi) is 4.07. The molecule has 21 heavy (non-hydrogen) atoms. The van der Waals surface area contributed by atoms with Crippen LogP contribution in [0.4, 0.5) is 0 Å². The summed E-state index contributed by atoms with van der Waals surface area (Å²) in [6.45, 7) is 0.354. The summed E-state index contributed by atoms with van der Waals surface area (Å²) in [6.07, 6.45) is 0. The van der Waals surface area contributed by atoms with Crippen molar-refractivity contribution in [2.24, 2.45) is 0 Å². The van der Waals surface area contributed by atoms with E-state index >= 15 is 0 Å². The van der Waals surface area contributed by atoms with E-state index in [4.69, 9.17) is 0 Å². The molecule has 0 spiro atoms. The van der Waals surface area contributed by atoms with E-state index in [1.807, 2.05) is 36.4 Å². The van der Waals surface area contributed by atoms with Gasteiger partial charge in [0, 0.05) is 8.95 Å². The van der Waals surface area contributed by atoms with Gasteiger partial charge in [-0.15, -0.1) is 0 Å². The molecule has 3 rings (SSSR count). The Morgan fingerprint density at radius 2 is 2.00 bits per heavy atom. The Hall–Kier alpha value is -1.66. The number of carbonyl (C=O) groups is 1. The quantitative estimate of drug-likeness (QED) is 0.687. The third-order valence-electron chi connectivity index (χ3n) is 3.03. The lowest BCUT2D eigenvalue weighted by Crippen LogP contribution is -2.23. The van der Waals surface area contributed by atoms with Crippen LogP contribution in [0, 0.1) is 0 Å². The van der Waals surface area contributed by atoms with Gasteiger partial charge in [0.1, 0.15) is 5.82 Å². The van der Waals surface area contributed by atoms with Gasteiger partial charge in [-0.1, -0.05) is 28.1 Å². The maximum absolute atomic E-state index is 12.2. The number of hydrogen-bond acceptors (Lipinski definition) is 2. The molecule has 0 atom stereocenters. The molecule has 0 aliphatic heterocycles. The van der Waals surface area contributed by atoms with Crippen molar-refractivity contribution >= 4 is 48.8 Å². The van der Waals surface area contributed by atoms with E-state index in [0.29, 0.717) is 12.1 Å². The number of imidazole rings is 1. The van der Waals surface area contributed by atoms with Crippen LogP contribution in [0.3, 0.4) is 0 Å². The van der Waals surface area contributed by atoms with Crippen molar-refractivity contribution in [3.63, 3.8) is 0 Å². The maximum Gasteiger partial charge on any atom is 0.252 e. The van der Waals surface area contributed by atoms with Gasteiger partial charge in [0.25, 0.3) is 5.91 Å². The summed E-state index contributed by atoms with van der Waals surface area (Å²) in [5.74, 6) is 0.583. The fraction of sp³-hybridized carbons (Fsp3) is 0.0667. The molecular formula is C15H11Br2N3O. The number of hydrogen-bond donors (Lipinski definition) is 2. The van der Waals surface area contributed by atoms with E-state index in [-0.39, 0.29) is 5.91 Å². The normalized spacial score (nSPS) is 10.8. The zero-order valence-corrected chi connectivity index (χ0v) is 14.0. The van der Waals surface area contributed by atoms with Crippen molar-refractivity contribution in [2.45, 2.75) is 6.54 Å². The Morgan fingerprint density at radius 1 is 1.19 bits per heavy atom. The van der Waals surface area contributed by atoms with Gasteiger partial charge >= 0.3 is 0 Å². The monoisotopic (exact) mass is 407 g/mol. The number of fused-ring (bicyclic) bond motifs is 1. The molecule has 0 saturated carbocycles. The minimum Gasteiger partial charge on any atom is -0.345 e. The molecule has 0 aliphatic carbocycles. The minimum atomic E-state index is -0.149. The Labute approximate surface area is 138 Å². The summed E-state index contributed by atoms with van der Waals surface area (Å²) < 4.78 is 1.62. The summed E-state index contributed by atoms with van der Waals surface area (Å²) in [5, 5.41) is 2.86. The van der Waals surface area contributed by atoms with Gasteiger partial charge in [0.2, 0.25) is 0 Å². The number of carbonyl (C=O) groups excluding carboxylic acids is 1. The predicted octanol–water partition coefficient (Wildman–Crippen LogP) is 4.02. The van der Waals surface area contributed by atoms with E-state index in [1.165, 1.54) is 0 Å². The number of amides is 1. The molecule has 2 aromatic carbocycles. The summed E-state index contributed by atoms with van der Waals surface area (Å²) in [4.78, 5) is 19.8. The van der Waals surface area contributed by atoms with E-state index in [9.17, 15) is 4.79 Å². The molecule has 0 unspecified atom stereocenters. The highest BCUT2D eigenvalue weighted by Crippen LogP contribution is 2.21. The lowest BCUT2D eigenvalue weighted by Gasteiger charge is -2.06. The smallest absolute Gasteiger partial charge is 0.252 e. The van der Waals surface area contributed by atoms with Gasteiger partial charge in [-0.2, -0.15) is 0 Å². The molecule has 2 N–H and O–H groups in total. The number of nitrogens with zero attached hydrogens (tertiary/aromatic N) is 1. The largest absolute Gasteiger partial charge is 0.345 e. The van der Waals surface area contributed by atoms with Crippen molar-refractivity contribution in [3.8, 4) is 0 Å². The molecule has 0 bridgehead atoms. The van der Waals surface area contributed by atoms with Crippen LogP contribution in [0.1, 0.15) is 16.2 Å². The molecule has 3 aromatic rings. The van der Waals surface area contributed by atoms with Crippen LogP contribution in [0.5, 0.6) is 0 Å². The number of rotatable bonds is 3.